The maximum atomic E-state index is 12.9. The van der Waals surface area contributed by atoms with Crippen LogP contribution in [0.15, 0.2) is 84.0 Å². The number of aryl methyl sites for hydroxylation is 2. The van der Waals surface area contributed by atoms with Crippen molar-refractivity contribution in [1.29, 1.82) is 0 Å². The van der Waals surface area contributed by atoms with Crippen LogP contribution >= 0.6 is 11.6 Å². The topological polar surface area (TPSA) is 113 Å². The number of fused-ring (bicyclic) bond motifs is 1. The second kappa shape index (κ2) is 11.8. The lowest BCUT2D eigenvalue weighted by molar-refractivity contribution is 0.0981. The summed E-state index contributed by atoms with van der Waals surface area (Å²) in [5.74, 6) is -0.601. The number of hydrogen-bond acceptors (Lipinski definition) is 8. The Morgan fingerprint density at radius 3 is 2.33 bits per heavy atom. The third-order valence-electron chi connectivity index (χ3n) is 7.50. The largest absolute Gasteiger partial charge is 0.369 e. The minimum atomic E-state index is -4.29. The van der Waals surface area contributed by atoms with E-state index in [0.717, 1.165) is 49.0 Å². The molecule has 2 aromatic heterocycles. The zero-order valence-corrected chi connectivity index (χ0v) is 25.3. The molecule has 1 fully saturated rings. The van der Waals surface area contributed by atoms with Crippen molar-refractivity contribution in [3.8, 4) is 11.1 Å². The van der Waals surface area contributed by atoms with Crippen molar-refractivity contribution in [3.05, 3.63) is 106 Å². The summed E-state index contributed by atoms with van der Waals surface area (Å²) < 4.78 is 29.1. The zero-order chi connectivity index (χ0) is 30.1. The monoisotopic (exact) mass is 615 g/mol. The van der Waals surface area contributed by atoms with Crippen LogP contribution in [0.2, 0.25) is 5.02 Å². The molecule has 6 rings (SSSR count). The molecule has 0 atom stereocenters. The van der Waals surface area contributed by atoms with Crippen molar-refractivity contribution in [3.63, 3.8) is 0 Å². The standard InChI is InChI=1S/C31H30ClN7O3S/c1-21-19-22(2)39-30(33-21)34-31(35-39)43(41,42)36-29(40)24-9-13-27(14-10-24)38-17-15-37(16-18-38)20-25-5-3-4-6-28(25)23-7-11-26(32)12-8-23/h3-14,19H,15-18,20H2,1-2H3,(H,36,40). The molecule has 0 aliphatic carbocycles. The van der Waals surface area contributed by atoms with Gasteiger partial charge in [-0.15, -0.1) is 5.10 Å². The maximum absolute atomic E-state index is 12.9. The molecule has 1 aliphatic rings. The SMILES string of the molecule is Cc1cc(C)n2nc(S(=O)(=O)NC(=O)c3ccc(N4CCN(Cc5ccccc5-c5ccc(Cl)cc5)CC4)cc3)nc2n1. The van der Waals surface area contributed by atoms with Gasteiger partial charge >= 0.3 is 10.0 Å². The Labute approximate surface area is 255 Å². The molecule has 1 aliphatic heterocycles. The van der Waals surface area contributed by atoms with Crippen molar-refractivity contribution in [2.45, 2.75) is 25.5 Å². The number of carbonyl (C=O) groups excluding carboxylic acids is 1. The molecule has 43 heavy (non-hydrogen) atoms. The van der Waals surface area contributed by atoms with Crippen LogP contribution in [0.4, 0.5) is 5.69 Å². The molecule has 220 valence electrons. The molecule has 3 heterocycles. The van der Waals surface area contributed by atoms with Crippen molar-refractivity contribution >= 4 is 39.0 Å². The van der Waals surface area contributed by atoms with Crippen molar-refractivity contribution in [2.24, 2.45) is 0 Å². The number of amides is 1. The Bertz CT molecular complexity index is 1900. The van der Waals surface area contributed by atoms with E-state index < -0.39 is 21.1 Å². The highest BCUT2D eigenvalue weighted by atomic mass is 35.5. The number of rotatable bonds is 7. The second-order valence-electron chi connectivity index (χ2n) is 10.6. The van der Waals surface area contributed by atoms with Gasteiger partial charge in [-0.05, 0) is 73.0 Å². The Morgan fingerprint density at radius 2 is 1.60 bits per heavy atom. The quantitative estimate of drug-likeness (QED) is 0.285. The number of halogens is 1. The molecule has 12 heteroatoms. The predicted octanol–water partition coefficient (Wildman–Crippen LogP) is 4.50. The molecule has 3 aromatic carbocycles. The number of benzene rings is 3. The predicted molar refractivity (Wildman–Crippen MR) is 166 cm³/mol. The highest BCUT2D eigenvalue weighted by Crippen LogP contribution is 2.27. The molecular formula is C31H30ClN7O3S. The highest BCUT2D eigenvalue weighted by molar-refractivity contribution is 7.89. The first-order chi connectivity index (χ1) is 20.7. The number of piperazine rings is 1. The van der Waals surface area contributed by atoms with Gasteiger partial charge in [0.2, 0.25) is 0 Å². The summed E-state index contributed by atoms with van der Waals surface area (Å²) in [5, 5.41) is 4.24. The number of sulfonamides is 1. The van der Waals surface area contributed by atoms with Gasteiger partial charge in [0.1, 0.15) is 0 Å². The van der Waals surface area contributed by atoms with E-state index in [9.17, 15) is 13.2 Å². The summed E-state index contributed by atoms with van der Waals surface area (Å²) >= 11 is 6.09. The third-order valence-corrected chi connectivity index (χ3v) is 8.86. The van der Waals surface area contributed by atoms with E-state index in [1.807, 2.05) is 36.4 Å². The Morgan fingerprint density at radius 1 is 0.907 bits per heavy atom. The van der Waals surface area contributed by atoms with E-state index in [1.54, 1.807) is 32.0 Å². The van der Waals surface area contributed by atoms with E-state index in [-0.39, 0.29) is 11.3 Å². The maximum Gasteiger partial charge on any atom is 0.301 e. The van der Waals surface area contributed by atoms with Gasteiger partial charge in [-0.3, -0.25) is 9.69 Å². The first-order valence-electron chi connectivity index (χ1n) is 13.9. The smallest absolute Gasteiger partial charge is 0.301 e. The van der Waals surface area contributed by atoms with Gasteiger partial charge in [0.15, 0.2) is 0 Å². The number of aromatic nitrogens is 4. The van der Waals surface area contributed by atoms with Crippen LogP contribution < -0.4 is 9.62 Å². The fourth-order valence-electron chi connectivity index (χ4n) is 5.29. The third kappa shape index (κ3) is 6.24. The molecule has 0 radical (unpaired) electrons. The first-order valence-corrected chi connectivity index (χ1v) is 15.7. The van der Waals surface area contributed by atoms with Gasteiger partial charge in [0.25, 0.3) is 16.8 Å². The number of anilines is 1. The molecule has 5 aromatic rings. The summed E-state index contributed by atoms with van der Waals surface area (Å²) in [6.07, 6.45) is 0. The van der Waals surface area contributed by atoms with Crippen LogP contribution in [0.3, 0.4) is 0 Å². The minimum absolute atomic E-state index is 0.153. The lowest BCUT2D eigenvalue weighted by Gasteiger charge is -2.36. The summed E-state index contributed by atoms with van der Waals surface area (Å²) in [5.41, 5.74) is 6.18. The number of carbonyl (C=O) groups is 1. The number of nitrogens with zero attached hydrogens (tertiary/aromatic N) is 6. The van der Waals surface area contributed by atoms with Crippen LogP contribution in [-0.4, -0.2) is 65.0 Å². The lowest BCUT2D eigenvalue weighted by atomic mass is 9.99. The summed E-state index contributed by atoms with van der Waals surface area (Å²) in [6, 6.07) is 25.1. The van der Waals surface area contributed by atoms with E-state index in [0.29, 0.717) is 11.4 Å². The Hall–Kier alpha value is -4.32. The normalized spacial score (nSPS) is 14.3. The van der Waals surface area contributed by atoms with Crippen molar-refractivity contribution in [2.75, 3.05) is 31.1 Å². The van der Waals surface area contributed by atoms with E-state index >= 15 is 0 Å². The van der Waals surface area contributed by atoms with E-state index in [2.05, 4.69) is 53.9 Å². The van der Waals surface area contributed by atoms with Gasteiger partial charge in [-0.2, -0.15) is 13.4 Å². The van der Waals surface area contributed by atoms with Crippen molar-refractivity contribution < 1.29 is 13.2 Å². The van der Waals surface area contributed by atoms with Gasteiger partial charge in [0, 0.05) is 60.4 Å². The van der Waals surface area contributed by atoms with Gasteiger partial charge in [-0.1, -0.05) is 48.0 Å². The van der Waals surface area contributed by atoms with E-state index in [4.69, 9.17) is 11.6 Å². The number of hydrogen-bond donors (Lipinski definition) is 1. The highest BCUT2D eigenvalue weighted by Gasteiger charge is 2.25. The molecule has 1 saturated heterocycles. The first kappa shape index (κ1) is 28.8. The Balaban J connectivity index is 1.07. The fraction of sp³-hybridized carbons (Fsp3) is 0.226. The molecule has 0 bridgehead atoms. The van der Waals surface area contributed by atoms with Crippen LogP contribution in [0.5, 0.6) is 0 Å². The average Bonchev–Trinajstić information content (AvgIpc) is 3.44. The summed E-state index contributed by atoms with van der Waals surface area (Å²) in [4.78, 5) is 25.7. The van der Waals surface area contributed by atoms with Gasteiger partial charge in [0.05, 0.1) is 0 Å². The molecule has 0 saturated carbocycles. The van der Waals surface area contributed by atoms with Crippen LogP contribution in [0, 0.1) is 13.8 Å². The van der Waals surface area contributed by atoms with E-state index in [1.165, 1.54) is 15.6 Å². The fourth-order valence-corrected chi connectivity index (χ4v) is 6.26. The molecule has 0 spiro atoms. The minimum Gasteiger partial charge on any atom is -0.369 e. The van der Waals surface area contributed by atoms with Crippen LogP contribution in [-0.2, 0) is 16.6 Å². The Kier molecular flexibility index (Phi) is 7.87. The molecule has 1 N–H and O–H groups in total. The van der Waals surface area contributed by atoms with Gasteiger partial charge < -0.3 is 4.90 Å². The molecule has 10 nitrogen and oxygen atoms in total. The molecular weight excluding hydrogens is 586 g/mol. The summed E-state index contributed by atoms with van der Waals surface area (Å²) in [6.45, 7) is 7.83. The van der Waals surface area contributed by atoms with Crippen molar-refractivity contribution in [1.82, 2.24) is 29.2 Å². The summed E-state index contributed by atoms with van der Waals surface area (Å²) in [7, 11) is -4.29. The number of nitrogens with one attached hydrogen (secondary N) is 1. The molecule has 1 amide bonds. The average molecular weight is 616 g/mol. The molecule has 0 unspecified atom stereocenters. The van der Waals surface area contributed by atoms with Gasteiger partial charge in [-0.25, -0.2) is 14.2 Å². The van der Waals surface area contributed by atoms with Crippen LogP contribution in [0.1, 0.15) is 27.3 Å². The second-order valence-corrected chi connectivity index (χ2v) is 12.6. The lowest BCUT2D eigenvalue weighted by Crippen LogP contribution is -2.46. The van der Waals surface area contributed by atoms with Crippen LogP contribution in [0.25, 0.3) is 16.9 Å². The zero-order valence-electron chi connectivity index (χ0n) is 23.7.